The average molecular weight is 555 g/mol. The Balaban J connectivity index is 1.50. The largest absolute Gasteiger partial charge is 0.373 e. The molecule has 0 unspecified atom stereocenters. The topological polar surface area (TPSA) is 107 Å². The minimum absolute atomic E-state index is 0.214. The molecule has 0 saturated heterocycles. The van der Waals surface area contributed by atoms with Crippen LogP contribution in [0.2, 0.25) is 0 Å². The maximum atomic E-state index is 13.1. The summed E-state index contributed by atoms with van der Waals surface area (Å²) in [7, 11) is -3.56. The first-order chi connectivity index (χ1) is 18.6. The lowest BCUT2D eigenvalue weighted by Crippen LogP contribution is -2.35. The highest BCUT2D eigenvalue weighted by molar-refractivity contribution is 7.89. The summed E-state index contributed by atoms with van der Waals surface area (Å²) in [6, 6.07) is 13.5. The molecule has 214 valence electrons. The van der Waals surface area contributed by atoms with E-state index in [4.69, 9.17) is 4.99 Å². The number of amidine groups is 1. The van der Waals surface area contributed by atoms with Gasteiger partial charge in [-0.25, -0.2) is 18.1 Å². The molecule has 0 bridgehead atoms. The molecule has 0 radical (unpaired) electrons. The van der Waals surface area contributed by atoms with E-state index in [9.17, 15) is 8.42 Å². The molecule has 1 aliphatic carbocycles. The second-order valence-electron chi connectivity index (χ2n) is 11.0. The molecule has 0 heterocycles. The number of nitrogens with one attached hydrogen (secondary N) is 4. The molecule has 0 atom stereocenters. The molecular weight excluding hydrogens is 508 g/mol. The number of sulfonamides is 1. The van der Waals surface area contributed by atoms with Crippen molar-refractivity contribution in [1.82, 2.24) is 20.7 Å². The van der Waals surface area contributed by atoms with Gasteiger partial charge in [-0.2, -0.15) is 4.99 Å². The lowest BCUT2D eigenvalue weighted by atomic mass is 9.82. The molecule has 1 aliphatic rings. The summed E-state index contributed by atoms with van der Waals surface area (Å²) in [5, 5.41) is 11.8. The second kappa shape index (κ2) is 14.5. The molecule has 9 heteroatoms. The van der Waals surface area contributed by atoms with Gasteiger partial charge < -0.3 is 16.0 Å². The zero-order valence-corrected chi connectivity index (χ0v) is 25.1. The first-order valence-corrected chi connectivity index (χ1v) is 15.6. The smallest absolute Gasteiger partial charge is 0.241 e. The van der Waals surface area contributed by atoms with E-state index < -0.39 is 10.0 Å². The molecular formula is C30H46N6O2S. The highest BCUT2D eigenvalue weighted by Crippen LogP contribution is 2.29. The summed E-state index contributed by atoms with van der Waals surface area (Å²) in [5.74, 6) is 3.08. The molecule has 0 amide bonds. The van der Waals surface area contributed by atoms with Crippen molar-refractivity contribution in [2.24, 2.45) is 21.8 Å². The lowest BCUT2D eigenvalue weighted by Gasteiger charge is -2.29. The fraction of sp³-hybridized carbons (Fsp3) is 0.533. The van der Waals surface area contributed by atoms with Crippen LogP contribution < -0.4 is 20.7 Å². The number of rotatable bonds is 10. The van der Waals surface area contributed by atoms with Crippen LogP contribution in [0.3, 0.4) is 0 Å². The Kier molecular flexibility index (Phi) is 11.4. The standard InChI is InChI=1S/C30H46N6O2S/c1-7-29(33-21(2)3)36-30(34-22(4)5)35-23(6)31-19-24-15-17-25(18-16-24)20-32-39(37,38)28-14-10-12-26-11-8-9-13-27(26)28/h7-14,21-22,24-25,32-33H,15-20H2,1-6H3,(H2,31,34,35,36). The number of allylic oxidation sites excluding steroid dienone is 1. The summed E-state index contributed by atoms with van der Waals surface area (Å²) in [4.78, 5) is 9.73. The highest BCUT2D eigenvalue weighted by atomic mass is 32.2. The van der Waals surface area contributed by atoms with Gasteiger partial charge in [-0.3, -0.25) is 0 Å². The molecule has 1 fully saturated rings. The summed E-state index contributed by atoms with van der Waals surface area (Å²) < 4.78 is 29.0. The average Bonchev–Trinajstić information content (AvgIpc) is 2.90. The van der Waals surface area contributed by atoms with Gasteiger partial charge in [0.1, 0.15) is 11.7 Å². The van der Waals surface area contributed by atoms with E-state index in [-0.39, 0.29) is 12.1 Å². The Morgan fingerprint density at radius 2 is 1.51 bits per heavy atom. The monoisotopic (exact) mass is 554 g/mol. The van der Waals surface area contributed by atoms with Crippen molar-refractivity contribution in [1.29, 1.82) is 0 Å². The van der Waals surface area contributed by atoms with E-state index in [1.165, 1.54) is 0 Å². The van der Waals surface area contributed by atoms with Crippen molar-refractivity contribution in [2.45, 2.75) is 84.2 Å². The molecule has 4 N–H and O–H groups in total. The third-order valence-electron chi connectivity index (χ3n) is 6.84. The van der Waals surface area contributed by atoms with Crippen LogP contribution >= 0.6 is 0 Å². The number of benzene rings is 2. The molecule has 39 heavy (non-hydrogen) atoms. The van der Waals surface area contributed by atoms with Crippen LogP contribution in [0.4, 0.5) is 0 Å². The SMILES string of the molecule is CC=C(/N=C(\N=C(/C)NCC1CCC(CNS(=O)(=O)c2cccc3ccccc23)CC1)NC(C)C)NC(C)C. The minimum atomic E-state index is -3.56. The Bertz CT molecular complexity index is 1270. The van der Waals surface area contributed by atoms with Gasteiger partial charge in [0.25, 0.3) is 0 Å². The molecule has 0 aromatic heterocycles. The Labute approximate surface area is 234 Å². The Morgan fingerprint density at radius 1 is 0.897 bits per heavy atom. The molecule has 0 aliphatic heterocycles. The number of hydrogen-bond donors (Lipinski definition) is 4. The fourth-order valence-corrected chi connectivity index (χ4v) is 6.15. The van der Waals surface area contributed by atoms with E-state index in [2.05, 4.69) is 53.4 Å². The van der Waals surface area contributed by atoms with E-state index in [0.29, 0.717) is 29.2 Å². The van der Waals surface area contributed by atoms with Crippen LogP contribution in [0.5, 0.6) is 0 Å². The van der Waals surface area contributed by atoms with E-state index in [1.807, 2.05) is 50.3 Å². The predicted molar refractivity (Wildman–Crippen MR) is 163 cm³/mol. The zero-order valence-electron chi connectivity index (χ0n) is 24.3. The van der Waals surface area contributed by atoms with Crippen molar-refractivity contribution in [3.63, 3.8) is 0 Å². The van der Waals surface area contributed by atoms with Gasteiger partial charge in [0.05, 0.1) is 4.90 Å². The molecule has 2 aromatic rings. The number of aliphatic imine (C=N–C) groups is 2. The third-order valence-corrected chi connectivity index (χ3v) is 8.32. The van der Waals surface area contributed by atoms with Crippen molar-refractivity contribution < 1.29 is 8.42 Å². The third kappa shape index (κ3) is 9.65. The van der Waals surface area contributed by atoms with Crippen molar-refractivity contribution >= 4 is 32.6 Å². The van der Waals surface area contributed by atoms with Crippen molar-refractivity contribution in [2.75, 3.05) is 13.1 Å². The van der Waals surface area contributed by atoms with Crippen LogP contribution in [0, 0.1) is 11.8 Å². The van der Waals surface area contributed by atoms with Gasteiger partial charge in [0, 0.05) is 30.6 Å². The Morgan fingerprint density at radius 3 is 2.15 bits per heavy atom. The highest BCUT2D eigenvalue weighted by Gasteiger charge is 2.24. The maximum Gasteiger partial charge on any atom is 0.241 e. The summed E-state index contributed by atoms with van der Waals surface area (Å²) >= 11 is 0. The van der Waals surface area contributed by atoms with Crippen LogP contribution in [0.15, 0.2) is 69.2 Å². The van der Waals surface area contributed by atoms with Gasteiger partial charge in [0.2, 0.25) is 16.0 Å². The quantitative estimate of drug-likeness (QED) is 0.240. The summed E-state index contributed by atoms with van der Waals surface area (Å²) in [5.41, 5.74) is 0. The first kappa shape index (κ1) is 30.6. The van der Waals surface area contributed by atoms with E-state index >= 15 is 0 Å². The van der Waals surface area contributed by atoms with E-state index in [0.717, 1.165) is 54.7 Å². The molecule has 8 nitrogen and oxygen atoms in total. The van der Waals surface area contributed by atoms with Gasteiger partial charge in [-0.1, -0.05) is 36.4 Å². The molecule has 1 saturated carbocycles. The van der Waals surface area contributed by atoms with E-state index in [1.54, 1.807) is 12.1 Å². The Hall–Kier alpha value is -2.91. The molecule has 3 rings (SSSR count). The summed E-state index contributed by atoms with van der Waals surface area (Å²) in [6.07, 6.45) is 6.09. The summed E-state index contributed by atoms with van der Waals surface area (Å²) in [6.45, 7) is 13.6. The lowest BCUT2D eigenvalue weighted by molar-refractivity contribution is 0.275. The minimum Gasteiger partial charge on any atom is -0.373 e. The van der Waals surface area contributed by atoms with Crippen LogP contribution in [0.1, 0.15) is 67.2 Å². The van der Waals surface area contributed by atoms with Gasteiger partial charge in [-0.05, 0) is 96.6 Å². The van der Waals surface area contributed by atoms with Gasteiger partial charge >= 0.3 is 0 Å². The number of guanidine groups is 1. The van der Waals surface area contributed by atoms with Crippen molar-refractivity contribution in [3.05, 3.63) is 54.4 Å². The normalized spacial score (nSPS) is 19.5. The number of hydrogen-bond acceptors (Lipinski definition) is 4. The molecule has 0 spiro atoms. The van der Waals surface area contributed by atoms with Crippen molar-refractivity contribution in [3.8, 4) is 0 Å². The van der Waals surface area contributed by atoms with Crippen LogP contribution in [-0.2, 0) is 10.0 Å². The van der Waals surface area contributed by atoms with Crippen LogP contribution in [-0.4, -0.2) is 45.4 Å². The molecule has 2 aromatic carbocycles. The number of nitrogens with zero attached hydrogens (tertiary/aromatic N) is 2. The predicted octanol–water partition coefficient (Wildman–Crippen LogP) is 5.15. The second-order valence-corrected chi connectivity index (χ2v) is 12.7. The fourth-order valence-electron chi connectivity index (χ4n) is 4.80. The van der Waals surface area contributed by atoms with Gasteiger partial charge in [-0.15, -0.1) is 0 Å². The first-order valence-electron chi connectivity index (χ1n) is 14.1. The number of fused-ring (bicyclic) bond motifs is 1. The van der Waals surface area contributed by atoms with Gasteiger partial charge in [0.15, 0.2) is 0 Å². The van der Waals surface area contributed by atoms with Crippen LogP contribution in [0.25, 0.3) is 10.8 Å². The maximum absolute atomic E-state index is 13.1. The zero-order chi connectivity index (χ0) is 28.4.